The highest BCUT2D eigenvalue weighted by Gasteiger charge is 2.33. The van der Waals surface area contributed by atoms with Crippen molar-refractivity contribution >= 4 is 5.82 Å². The van der Waals surface area contributed by atoms with E-state index in [-0.39, 0.29) is 11.7 Å². The lowest BCUT2D eigenvalue weighted by Crippen LogP contribution is -2.38. The Hall–Kier alpha value is -2.38. The van der Waals surface area contributed by atoms with E-state index < -0.39 is 11.9 Å². The van der Waals surface area contributed by atoms with Crippen LogP contribution in [-0.4, -0.2) is 34.6 Å². The number of hydrogen-bond donors (Lipinski definition) is 0. The lowest BCUT2D eigenvalue weighted by molar-refractivity contribution is -0.141. The molecule has 2 fully saturated rings. The van der Waals surface area contributed by atoms with E-state index in [1.54, 1.807) is 6.33 Å². The number of halogens is 3. The first kappa shape index (κ1) is 18.0. The first-order valence-electron chi connectivity index (χ1n) is 9.22. The van der Waals surface area contributed by atoms with Crippen LogP contribution in [0.4, 0.5) is 19.0 Å². The molecule has 8 heteroatoms. The molecule has 0 spiro atoms. The minimum atomic E-state index is -4.46. The summed E-state index contributed by atoms with van der Waals surface area (Å²) in [5, 5.41) is 0. The number of ether oxygens (including phenoxy) is 1. The largest absolute Gasteiger partial charge is 0.493 e. The second-order valence-corrected chi connectivity index (χ2v) is 7.22. The maximum Gasteiger partial charge on any atom is 0.433 e. The van der Waals surface area contributed by atoms with Crippen molar-refractivity contribution in [3.63, 3.8) is 0 Å². The lowest BCUT2D eigenvalue weighted by atomic mass is 9.99. The summed E-state index contributed by atoms with van der Waals surface area (Å²) in [5.41, 5.74) is 0.175. The number of aromatic nitrogens is 3. The summed E-state index contributed by atoms with van der Waals surface area (Å²) in [6, 6.07) is 4.48. The van der Waals surface area contributed by atoms with Crippen LogP contribution in [0.15, 0.2) is 30.7 Å². The van der Waals surface area contributed by atoms with Gasteiger partial charge in [-0.1, -0.05) is 0 Å². The molecule has 2 aromatic rings. The molecule has 5 nitrogen and oxygen atoms in total. The van der Waals surface area contributed by atoms with Gasteiger partial charge in [0.15, 0.2) is 0 Å². The summed E-state index contributed by atoms with van der Waals surface area (Å²) < 4.78 is 43.9. The van der Waals surface area contributed by atoms with Crippen molar-refractivity contribution < 1.29 is 17.9 Å². The van der Waals surface area contributed by atoms with E-state index >= 15 is 0 Å². The summed E-state index contributed by atoms with van der Waals surface area (Å²) in [7, 11) is 0. The Kier molecular flexibility index (Phi) is 4.88. The van der Waals surface area contributed by atoms with Gasteiger partial charge in [0.1, 0.15) is 23.6 Å². The van der Waals surface area contributed by atoms with Crippen LogP contribution in [0.1, 0.15) is 43.0 Å². The Morgan fingerprint density at radius 1 is 1.11 bits per heavy atom. The summed E-state index contributed by atoms with van der Waals surface area (Å²) in [6.07, 6.45) is 2.66. The molecule has 3 heterocycles. The third kappa shape index (κ3) is 4.48. The van der Waals surface area contributed by atoms with E-state index in [1.807, 2.05) is 0 Å². The highest BCUT2D eigenvalue weighted by atomic mass is 19.4. The zero-order valence-corrected chi connectivity index (χ0v) is 14.8. The topological polar surface area (TPSA) is 51.1 Å². The zero-order chi connectivity index (χ0) is 18.9. The standard InChI is InChI=1S/C19H21F3N4O/c20-19(21,22)17-8-15(5-6-23-17)27-11-13-2-1-7-26(10-13)18-9-16(14-3-4-14)24-12-25-18/h5-6,8-9,12-14H,1-4,7,10-11H2. The first-order valence-corrected chi connectivity index (χ1v) is 9.22. The Bertz CT molecular complexity index is 795. The number of pyridine rings is 1. The number of anilines is 1. The Morgan fingerprint density at radius 2 is 1.96 bits per heavy atom. The molecule has 27 heavy (non-hydrogen) atoms. The maximum atomic E-state index is 12.8. The van der Waals surface area contributed by atoms with Gasteiger partial charge in [-0.05, 0) is 31.7 Å². The van der Waals surface area contributed by atoms with Gasteiger partial charge in [0.05, 0.1) is 6.61 Å². The van der Waals surface area contributed by atoms with Crippen molar-refractivity contribution in [3.8, 4) is 5.75 Å². The lowest BCUT2D eigenvalue weighted by Gasteiger charge is -2.33. The minimum Gasteiger partial charge on any atom is -0.493 e. The van der Waals surface area contributed by atoms with Crippen LogP contribution in [0.3, 0.4) is 0 Å². The monoisotopic (exact) mass is 378 g/mol. The van der Waals surface area contributed by atoms with Gasteiger partial charge in [-0.2, -0.15) is 13.2 Å². The summed E-state index contributed by atoms with van der Waals surface area (Å²) >= 11 is 0. The number of alkyl halides is 3. The highest BCUT2D eigenvalue weighted by molar-refractivity contribution is 5.41. The molecular formula is C19H21F3N4O. The van der Waals surface area contributed by atoms with Crippen molar-refractivity contribution in [1.29, 1.82) is 0 Å². The molecule has 1 aliphatic heterocycles. The molecule has 1 atom stereocenters. The molecule has 0 amide bonds. The Morgan fingerprint density at radius 3 is 2.74 bits per heavy atom. The minimum absolute atomic E-state index is 0.201. The van der Waals surface area contributed by atoms with Crippen LogP contribution in [0.5, 0.6) is 5.75 Å². The van der Waals surface area contributed by atoms with Gasteiger partial charge in [-0.15, -0.1) is 0 Å². The van der Waals surface area contributed by atoms with Crippen LogP contribution >= 0.6 is 0 Å². The third-order valence-electron chi connectivity index (χ3n) is 5.02. The van der Waals surface area contributed by atoms with Crippen molar-refractivity contribution in [2.24, 2.45) is 5.92 Å². The van der Waals surface area contributed by atoms with Crippen molar-refractivity contribution in [2.45, 2.75) is 37.8 Å². The number of hydrogen-bond acceptors (Lipinski definition) is 5. The third-order valence-corrected chi connectivity index (χ3v) is 5.02. The summed E-state index contributed by atoms with van der Waals surface area (Å²) in [6.45, 7) is 2.07. The van der Waals surface area contributed by atoms with Gasteiger partial charge in [0.2, 0.25) is 0 Å². The molecule has 1 unspecified atom stereocenters. The maximum absolute atomic E-state index is 12.8. The van der Waals surface area contributed by atoms with Gasteiger partial charge < -0.3 is 9.64 Å². The highest BCUT2D eigenvalue weighted by Crippen LogP contribution is 2.39. The zero-order valence-electron chi connectivity index (χ0n) is 14.8. The normalized spacial score (nSPS) is 20.6. The average molecular weight is 378 g/mol. The van der Waals surface area contributed by atoms with Crippen LogP contribution in [0.2, 0.25) is 0 Å². The van der Waals surface area contributed by atoms with E-state index in [0.29, 0.717) is 12.5 Å². The fourth-order valence-corrected chi connectivity index (χ4v) is 3.42. The fourth-order valence-electron chi connectivity index (χ4n) is 3.42. The van der Waals surface area contributed by atoms with E-state index in [0.717, 1.165) is 49.7 Å². The molecule has 0 aromatic carbocycles. The smallest absolute Gasteiger partial charge is 0.433 e. The van der Waals surface area contributed by atoms with E-state index in [4.69, 9.17) is 4.74 Å². The van der Waals surface area contributed by atoms with E-state index in [2.05, 4.69) is 25.9 Å². The Balaban J connectivity index is 1.37. The predicted molar refractivity (Wildman–Crippen MR) is 93.7 cm³/mol. The number of nitrogens with zero attached hydrogens (tertiary/aromatic N) is 4. The van der Waals surface area contributed by atoms with Crippen LogP contribution < -0.4 is 9.64 Å². The van der Waals surface area contributed by atoms with Crippen molar-refractivity contribution in [1.82, 2.24) is 15.0 Å². The molecule has 1 saturated carbocycles. The molecule has 0 bridgehead atoms. The fraction of sp³-hybridized carbons (Fsp3) is 0.526. The second kappa shape index (κ2) is 7.32. The van der Waals surface area contributed by atoms with Crippen LogP contribution in [0, 0.1) is 5.92 Å². The van der Waals surface area contributed by atoms with E-state index in [1.165, 1.54) is 18.9 Å². The molecule has 0 N–H and O–H groups in total. The molecule has 2 aromatic heterocycles. The van der Waals surface area contributed by atoms with Gasteiger partial charge in [0.25, 0.3) is 0 Å². The average Bonchev–Trinajstić information content (AvgIpc) is 3.52. The summed E-state index contributed by atoms with van der Waals surface area (Å²) in [4.78, 5) is 14.3. The molecule has 1 saturated heterocycles. The van der Waals surface area contributed by atoms with E-state index in [9.17, 15) is 13.2 Å². The number of piperidine rings is 1. The van der Waals surface area contributed by atoms with Gasteiger partial charge in [-0.3, -0.25) is 4.98 Å². The second-order valence-electron chi connectivity index (χ2n) is 7.22. The number of rotatable bonds is 5. The van der Waals surface area contributed by atoms with Gasteiger partial charge in [0, 0.05) is 48.9 Å². The van der Waals surface area contributed by atoms with Crippen LogP contribution in [0.25, 0.3) is 0 Å². The molecule has 144 valence electrons. The first-order chi connectivity index (χ1) is 13.0. The molecule has 1 aliphatic carbocycles. The Labute approximate surface area is 155 Å². The van der Waals surface area contributed by atoms with Crippen molar-refractivity contribution in [2.75, 3.05) is 24.6 Å². The van der Waals surface area contributed by atoms with Crippen LogP contribution in [-0.2, 0) is 6.18 Å². The molecule has 0 radical (unpaired) electrons. The van der Waals surface area contributed by atoms with Gasteiger partial charge in [-0.25, -0.2) is 9.97 Å². The quantitative estimate of drug-likeness (QED) is 0.785. The SMILES string of the molecule is FC(F)(F)c1cc(OCC2CCCN(c3cc(C4CC4)ncn3)C2)ccn1. The predicted octanol–water partition coefficient (Wildman–Crippen LogP) is 4.06. The summed E-state index contributed by atoms with van der Waals surface area (Å²) in [5.74, 6) is 1.94. The van der Waals surface area contributed by atoms with Gasteiger partial charge >= 0.3 is 6.18 Å². The van der Waals surface area contributed by atoms with Crippen molar-refractivity contribution in [3.05, 3.63) is 42.1 Å². The molecule has 4 rings (SSSR count). The molecular weight excluding hydrogens is 357 g/mol. The molecule has 2 aliphatic rings.